The molecule has 1 atom stereocenters. The van der Waals surface area contributed by atoms with Gasteiger partial charge in [0, 0.05) is 31.0 Å². The predicted octanol–water partition coefficient (Wildman–Crippen LogP) is 1.95. The van der Waals surface area contributed by atoms with Gasteiger partial charge in [-0.25, -0.2) is 4.79 Å². The number of pyridine rings is 1. The van der Waals surface area contributed by atoms with Gasteiger partial charge in [0.1, 0.15) is 0 Å². The first kappa shape index (κ1) is 18.3. The van der Waals surface area contributed by atoms with Crippen molar-refractivity contribution < 1.29 is 9.59 Å². The molecule has 0 aromatic carbocycles. The summed E-state index contributed by atoms with van der Waals surface area (Å²) < 4.78 is 0. The van der Waals surface area contributed by atoms with Crippen LogP contribution in [0.2, 0.25) is 0 Å². The zero-order valence-corrected chi connectivity index (χ0v) is 16.1. The van der Waals surface area contributed by atoms with Gasteiger partial charge in [-0.05, 0) is 42.9 Å². The van der Waals surface area contributed by atoms with Gasteiger partial charge in [0.2, 0.25) is 0 Å². The third-order valence-electron chi connectivity index (χ3n) is 5.71. The number of aromatic nitrogens is 3. The van der Waals surface area contributed by atoms with Gasteiger partial charge in [-0.3, -0.25) is 15.1 Å². The molecule has 2 aliphatic heterocycles. The highest BCUT2D eigenvalue weighted by Gasteiger charge is 2.53. The minimum Gasteiger partial charge on any atom is -0.355 e. The zero-order chi connectivity index (χ0) is 19.7. The van der Waals surface area contributed by atoms with Gasteiger partial charge >= 0.3 is 6.03 Å². The van der Waals surface area contributed by atoms with Crippen LogP contribution in [-0.2, 0) is 10.3 Å². The van der Waals surface area contributed by atoms with Crippen LogP contribution in [0.4, 0.5) is 10.6 Å². The van der Waals surface area contributed by atoms with Gasteiger partial charge < -0.3 is 10.2 Å². The molecule has 0 aliphatic carbocycles. The monoisotopic (exact) mass is 380 g/mol. The van der Waals surface area contributed by atoms with Crippen LogP contribution in [0.5, 0.6) is 0 Å². The lowest BCUT2D eigenvalue weighted by molar-refractivity contribution is -0.126. The minimum atomic E-state index is -1.06. The van der Waals surface area contributed by atoms with Crippen LogP contribution in [0.1, 0.15) is 43.9 Å². The zero-order valence-electron chi connectivity index (χ0n) is 16.1. The number of hydrogen-bond acceptors (Lipinski definition) is 6. The van der Waals surface area contributed by atoms with Gasteiger partial charge in [0.05, 0.1) is 5.69 Å². The van der Waals surface area contributed by atoms with Gasteiger partial charge in [0.25, 0.3) is 5.91 Å². The van der Waals surface area contributed by atoms with Crippen LogP contribution in [-0.4, -0.2) is 40.2 Å². The number of nitrogens with zero attached hydrogens (tertiary/aromatic N) is 4. The van der Waals surface area contributed by atoms with E-state index in [1.54, 1.807) is 18.5 Å². The van der Waals surface area contributed by atoms with Crippen molar-refractivity contribution in [2.24, 2.45) is 5.92 Å². The molecule has 2 N–H and O–H groups in total. The maximum absolute atomic E-state index is 12.8. The van der Waals surface area contributed by atoms with Gasteiger partial charge in [-0.1, -0.05) is 19.9 Å². The Morgan fingerprint density at radius 2 is 1.93 bits per heavy atom. The fourth-order valence-corrected chi connectivity index (χ4v) is 4.14. The maximum Gasteiger partial charge on any atom is 0.322 e. The first-order valence-corrected chi connectivity index (χ1v) is 9.63. The van der Waals surface area contributed by atoms with Gasteiger partial charge in [-0.15, -0.1) is 5.10 Å². The summed E-state index contributed by atoms with van der Waals surface area (Å²) >= 11 is 0. The lowest BCUT2D eigenvalue weighted by atomic mass is 9.73. The normalized spacial score (nSPS) is 23.0. The molecule has 8 heteroatoms. The molecule has 2 aromatic rings. The first-order valence-electron chi connectivity index (χ1n) is 9.63. The SMILES string of the molecule is CC(C)c1ccc(N2CCC(C3(c4cccnc4)NC(=O)NC3=O)CC2)nn1. The van der Waals surface area contributed by atoms with Crippen LogP contribution < -0.4 is 15.5 Å². The predicted molar refractivity (Wildman–Crippen MR) is 104 cm³/mol. The van der Waals surface area contributed by atoms with Crippen LogP contribution in [0.3, 0.4) is 0 Å². The van der Waals surface area contributed by atoms with Gasteiger partial charge in [-0.2, -0.15) is 5.10 Å². The topological polar surface area (TPSA) is 100 Å². The molecule has 3 amide bonds. The van der Waals surface area contributed by atoms with E-state index in [0.717, 1.165) is 43.0 Å². The molecule has 2 aromatic heterocycles. The van der Waals surface area contributed by atoms with Crippen LogP contribution in [0.15, 0.2) is 36.7 Å². The lowest BCUT2D eigenvalue weighted by Gasteiger charge is -2.41. The van der Waals surface area contributed by atoms with Crippen molar-refractivity contribution in [3.63, 3.8) is 0 Å². The molecule has 2 aliphatic rings. The molecule has 0 bridgehead atoms. The third-order valence-corrected chi connectivity index (χ3v) is 5.71. The van der Waals surface area contributed by atoms with Crippen molar-refractivity contribution in [1.29, 1.82) is 0 Å². The minimum absolute atomic E-state index is 0.0257. The summed E-state index contributed by atoms with van der Waals surface area (Å²) in [5.41, 5.74) is 0.627. The number of carbonyl (C=O) groups is 2. The number of piperidine rings is 1. The van der Waals surface area contributed by atoms with Crippen molar-refractivity contribution in [3.8, 4) is 0 Å². The standard InChI is InChI=1S/C20H24N6O2/c1-13(2)16-5-6-17(25-24-16)26-10-7-14(8-11-26)20(15-4-3-9-21-12-15)18(27)22-19(28)23-20/h3-6,9,12-14H,7-8,10-11H2,1-2H3,(H2,22,23,27,28). The molecule has 0 saturated carbocycles. The molecule has 4 heterocycles. The molecule has 2 fully saturated rings. The molecule has 0 radical (unpaired) electrons. The molecular formula is C20H24N6O2. The van der Waals surface area contributed by atoms with Crippen molar-refractivity contribution in [3.05, 3.63) is 47.9 Å². The quantitative estimate of drug-likeness (QED) is 0.787. The molecule has 8 nitrogen and oxygen atoms in total. The molecule has 4 rings (SSSR count). The largest absolute Gasteiger partial charge is 0.355 e. The second kappa shape index (κ2) is 7.18. The number of amides is 3. The van der Waals surface area contributed by atoms with E-state index in [4.69, 9.17) is 0 Å². The molecule has 1 unspecified atom stereocenters. The highest BCUT2D eigenvalue weighted by molar-refractivity contribution is 6.07. The highest BCUT2D eigenvalue weighted by Crippen LogP contribution is 2.39. The number of nitrogens with one attached hydrogen (secondary N) is 2. The number of carbonyl (C=O) groups excluding carboxylic acids is 2. The van der Waals surface area contributed by atoms with E-state index in [-0.39, 0.29) is 11.8 Å². The van der Waals surface area contributed by atoms with Crippen molar-refractivity contribution in [2.45, 2.75) is 38.1 Å². The first-order chi connectivity index (χ1) is 13.5. The Morgan fingerprint density at radius 1 is 1.14 bits per heavy atom. The van der Waals surface area contributed by atoms with E-state index < -0.39 is 11.6 Å². The van der Waals surface area contributed by atoms with Crippen molar-refractivity contribution >= 4 is 17.8 Å². The van der Waals surface area contributed by atoms with E-state index in [2.05, 4.69) is 44.6 Å². The van der Waals surface area contributed by atoms with E-state index in [1.165, 1.54) is 0 Å². The summed E-state index contributed by atoms with van der Waals surface area (Å²) in [5, 5.41) is 14.0. The Bertz CT molecular complexity index is 862. The van der Waals surface area contributed by atoms with Crippen LogP contribution >= 0.6 is 0 Å². The van der Waals surface area contributed by atoms with Crippen molar-refractivity contribution in [2.75, 3.05) is 18.0 Å². The summed E-state index contributed by atoms with van der Waals surface area (Å²) in [4.78, 5) is 31.1. The fraction of sp³-hybridized carbons (Fsp3) is 0.450. The van der Waals surface area contributed by atoms with Crippen LogP contribution in [0, 0.1) is 5.92 Å². The Morgan fingerprint density at radius 3 is 2.46 bits per heavy atom. The average Bonchev–Trinajstić information content (AvgIpc) is 3.03. The second-order valence-corrected chi connectivity index (χ2v) is 7.69. The highest BCUT2D eigenvalue weighted by atomic mass is 16.2. The third kappa shape index (κ3) is 3.08. The fourth-order valence-electron chi connectivity index (χ4n) is 4.14. The molecule has 0 spiro atoms. The molecule has 2 saturated heterocycles. The second-order valence-electron chi connectivity index (χ2n) is 7.69. The van der Waals surface area contributed by atoms with Crippen LogP contribution in [0.25, 0.3) is 0 Å². The van der Waals surface area contributed by atoms with E-state index in [1.807, 2.05) is 18.2 Å². The molecule has 28 heavy (non-hydrogen) atoms. The van der Waals surface area contributed by atoms with E-state index in [0.29, 0.717) is 5.92 Å². The summed E-state index contributed by atoms with van der Waals surface area (Å²) in [7, 11) is 0. The van der Waals surface area contributed by atoms with E-state index in [9.17, 15) is 9.59 Å². The lowest BCUT2D eigenvalue weighted by Crippen LogP contribution is -2.53. The number of urea groups is 1. The Kier molecular flexibility index (Phi) is 4.70. The number of anilines is 1. The van der Waals surface area contributed by atoms with Crippen molar-refractivity contribution in [1.82, 2.24) is 25.8 Å². The van der Waals surface area contributed by atoms with Gasteiger partial charge in [0.15, 0.2) is 11.4 Å². The Hall–Kier alpha value is -3.03. The molecule has 146 valence electrons. The summed E-state index contributed by atoms with van der Waals surface area (Å²) in [6.07, 6.45) is 4.81. The van der Waals surface area contributed by atoms with E-state index >= 15 is 0 Å². The summed E-state index contributed by atoms with van der Waals surface area (Å²) in [6, 6.07) is 7.20. The number of hydrogen-bond donors (Lipinski definition) is 2. The number of rotatable bonds is 4. The average molecular weight is 380 g/mol. The molecular weight excluding hydrogens is 356 g/mol. The summed E-state index contributed by atoms with van der Waals surface area (Å²) in [5.74, 6) is 0.863. The Balaban J connectivity index is 1.54. The Labute approximate surface area is 163 Å². The number of imide groups is 1. The summed E-state index contributed by atoms with van der Waals surface area (Å²) in [6.45, 7) is 5.67. The maximum atomic E-state index is 12.8. The smallest absolute Gasteiger partial charge is 0.322 e.